The number of aliphatic hydroxyl groups is 1. The molecule has 3 N–H and O–H groups in total. The molecule has 1 aromatic heterocycles. The second kappa shape index (κ2) is 11.6. The topological polar surface area (TPSA) is 69.5 Å². The number of guanidine groups is 1. The second-order valence-corrected chi connectivity index (χ2v) is 8.09. The number of thiazole rings is 1. The molecule has 1 aromatic carbocycles. The average Bonchev–Trinajstić information content (AvgIpc) is 3.10. The largest absolute Gasteiger partial charge is 0.388 e. The summed E-state index contributed by atoms with van der Waals surface area (Å²) in [5, 5.41) is 20.0. The van der Waals surface area contributed by atoms with E-state index in [1.54, 1.807) is 11.3 Å². The number of rotatable bonds is 7. The van der Waals surface area contributed by atoms with E-state index in [0.717, 1.165) is 28.8 Å². The Kier molecular flexibility index (Phi) is 10.3. The zero-order chi connectivity index (χ0) is 19.0. The summed E-state index contributed by atoms with van der Waals surface area (Å²) < 4.78 is 0. The lowest BCUT2D eigenvalue weighted by molar-refractivity contribution is 0.168. The highest BCUT2D eigenvalue weighted by atomic mass is 127. The van der Waals surface area contributed by atoms with E-state index in [-0.39, 0.29) is 29.4 Å². The summed E-state index contributed by atoms with van der Waals surface area (Å²) in [5.74, 6) is 0.748. The Morgan fingerprint density at radius 1 is 1.22 bits per heavy atom. The second-order valence-electron chi connectivity index (χ2n) is 7.23. The molecule has 0 aliphatic carbocycles. The van der Waals surface area contributed by atoms with Crippen molar-refractivity contribution in [3.8, 4) is 0 Å². The lowest BCUT2D eigenvalue weighted by Gasteiger charge is -2.14. The predicted molar refractivity (Wildman–Crippen MR) is 125 cm³/mol. The first-order valence-corrected chi connectivity index (χ1v) is 9.98. The number of hydrogen-bond donors (Lipinski definition) is 3. The van der Waals surface area contributed by atoms with Crippen LogP contribution in [-0.4, -0.2) is 29.1 Å². The van der Waals surface area contributed by atoms with E-state index >= 15 is 0 Å². The Morgan fingerprint density at radius 3 is 2.52 bits per heavy atom. The SMILES string of the molecule is CCNC(=NCc1csc(C(C)(C)C)n1)NCCC(O)c1ccccc1.I. The third kappa shape index (κ3) is 8.15. The maximum Gasteiger partial charge on any atom is 0.191 e. The summed E-state index contributed by atoms with van der Waals surface area (Å²) in [5.41, 5.74) is 2.00. The van der Waals surface area contributed by atoms with Crippen molar-refractivity contribution in [2.75, 3.05) is 13.1 Å². The van der Waals surface area contributed by atoms with Gasteiger partial charge in [0.25, 0.3) is 0 Å². The van der Waals surface area contributed by atoms with Crippen molar-refractivity contribution < 1.29 is 5.11 Å². The van der Waals surface area contributed by atoms with Crippen LogP contribution in [0.5, 0.6) is 0 Å². The number of aliphatic imine (C=N–C) groups is 1. The molecule has 150 valence electrons. The van der Waals surface area contributed by atoms with Gasteiger partial charge in [-0.3, -0.25) is 0 Å². The first-order chi connectivity index (χ1) is 12.4. The maximum atomic E-state index is 10.2. The van der Waals surface area contributed by atoms with Gasteiger partial charge in [0, 0.05) is 23.9 Å². The minimum Gasteiger partial charge on any atom is -0.388 e. The monoisotopic (exact) mass is 502 g/mol. The number of benzene rings is 1. The molecule has 0 aliphatic rings. The van der Waals surface area contributed by atoms with Crippen molar-refractivity contribution in [2.24, 2.45) is 4.99 Å². The third-order valence-electron chi connectivity index (χ3n) is 3.83. The lowest BCUT2D eigenvalue weighted by atomic mass is 9.98. The van der Waals surface area contributed by atoms with E-state index in [1.165, 1.54) is 0 Å². The molecule has 0 amide bonds. The molecule has 2 aromatic rings. The molecule has 27 heavy (non-hydrogen) atoms. The fourth-order valence-corrected chi connectivity index (χ4v) is 3.29. The average molecular weight is 502 g/mol. The van der Waals surface area contributed by atoms with E-state index < -0.39 is 6.10 Å². The Hall–Kier alpha value is -1.19. The standard InChI is InChI=1S/C20H30N4OS.HI/c1-5-21-19(22-12-11-17(25)15-9-7-6-8-10-15)23-13-16-14-26-18(24-16)20(2,3)4;/h6-10,14,17,25H,5,11-13H2,1-4H3,(H2,21,22,23);1H. The van der Waals surface area contributed by atoms with Gasteiger partial charge in [-0.25, -0.2) is 9.98 Å². The Labute approximate surface area is 183 Å². The van der Waals surface area contributed by atoms with Crippen molar-refractivity contribution in [3.05, 3.63) is 52.0 Å². The smallest absolute Gasteiger partial charge is 0.191 e. The molecule has 0 fully saturated rings. The highest BCUT2D eigenvalue weighted by Crippen LogP contribution is 2.25. The number of nitrogens with zero attached hydrogens (tertiary/aromatic N) is 2. The number of aromatic nitrogens is 1. The van der Waals surface area contributed by atoms with E-state index in [9.17, 15) is 5.11 Å². The van der Waals surface area contributed by atoms with Gasteiger partial charge in [-0.15, -0.1) is 35.3 Å². The molecule has 7 heteroatoms. The Balaban J connectivity index is 0.00000364. The number of hydrogen-bond acceptors (Lipinski definition) is 4. The van der Waals surface area contributed by atoms with Gasteiger partial charge in [0.1, 0.15) is 0 Å². The van der Waals surface area contributed by atoms with E-state index in [0.29, 0.717) is 19.5 Å². The summed E-state index contributed by atoms with van der Waals surface area (Å²) in [6, 6.07) is 9.72. The molecule has 1 atom stereocenters. The van der Waals surface area contributed by atoms with Crippen molar-refractivity contribution in [1.82, 2.24) is 15.6 Å². The molecule has 0 saturated heterocycles. The summed E-state index contributed by atoms with van der Waals surface area (Å²) in [7, 11) is 0. The van der Waals surface area contributed by atoms with Crippen LogP contribution in [0.3, 0.4) is 0 Å². The molecule has 0 spiro atoms. The molecule has 1 unspecified atom stereocenters. The first kappa shape index (κ1) is 23.8. The molecule has 1 heterocycles. The molecule has 0 aliphatic heterocycles. The van der Waals surface area contributed by atoms with Crippen LogP contribution in [0.15, 0.2) is 40.7 Å². The van der Waals surface area contributed by atoms with E-state index in [2.05, 4.69) is 46.8 Å². The fraction of sp³-hybridized carbons (Fsp3) is 0.500. The van der Waals surface area contributed by atoms with Crippen LogP contribution < -0.4 is 10.6 Å². The predicted octanol–water partition coefficient (Wildman–Crippen LogP) is 4.24. The normalized spacial score (nSPS) is 13.0. The van der Waals surface area contributed by atoms with E-state index in [1.807, 2.05) is 37.3 Å². The zero-order valence-electron chi connectivity index (χ0n) is 16.5. The molecule has 2 rings (SSSR count). The van der Waals surface area contributed by atoms with E-state index in [4.69, 9.17) is 0 Å². The minimum atomic E-state index is -0.473. The molecule has 0 radical (unpaired) electrons. The summed E-state index contributed by atoms with van der Waals surface area (Å²) in [6.45, 7) is 10.5. The van der Waals surface area contributed by atoms with Gasteiger partial charge < -0.3 is 15.7 Å². The molecule has 0 bridgehead atoms. The summed E-state index contributed by atoms with van der Waals surface area (Å²) in [6.07, 6.45) is 0.152. The molecular formula is C20H31IN4OS. The van der Waals surface area contributed by atoms with Crippen LogP contribution in [0, 0.1) is 0 Å². The van der Waals surface area contributed by atoms with Crippen molar-refractivity contribution in [3.63, 3.8) is 0 Å². The van der Waals surface area contributed by atoms with Gasteiger partial charge >= 0.3 is 0 Å². The van der Waals surface area contributed by atoms with Crippen LogP contribution in [0.25, 0.3) is 0 Å². The maximum absolute atomic E-state index is 10.2. The van der Waals surface area contributed by atoms with Crippen molar-refractivity contribution >= 4 is 41.3 Å². The quantitative estimate of drug-likeness (QED) is 0.301. The fourth-order valence-electron chi connectivity index (χ4n) is 2.40. The molecule has 0 saturated carbocycles. The van der Waals surface area contributed by atoms with Crippen LogP contribution in [0.4, 0.5) is 0 Å². The molecular weight excluding hydrogens is 471 g/mol. The number of halogens is 1. The van der Waals surface area contributed by atoms with Crippen LogP contribution in [0.2, 0.25) is 0 Å². The Morgan fingerprint density at radius 2 is 1.93 bits per heavy atom. The number of aliphatic hydroxyl groups excluding tert-OH is 1. The zero-order valence-corrected chi connectivity index (χ0v) is 19.7. The van der Waals surface area contributed by atoms with Gasteiger partial charge in [0.15, 0.2) is 5.96 Å². The summed E-state index contributed by atoms with van der Waals surface area (Å²) in [4.78, 5) is 9.28. The van der Waals surface area contributed by atoms with Gasteiger partial charge in [-0.05, 0) is 18.9 Å². The van der Waals surface area contributed by atoms with Gasteiger partial charge in [-0.2, -0.15) is 0 Å². The molecule has 5 nitrogen and oxygen atoms in total. The van der Waals surface area contributed by atoms with Crippen LogP contribution in [-0.2, 0) is 12.0 Å². The van der Waals surface area contributed by atoms with Gasteiger partial charge in [-0.1, -0.05) is 51.1 Å². The highest BCUT2D eigenvalue weighted by molar-refractivity contribution is 14.0. The lowest BCUT2D eigenvalue weighted by Crippen LogP contribution is -2.38. The van der Waals surface area contributed by atoms with Crippen molar-refractivity contribution in [1.29, 1.82) is 0 Å². The van der Waals surface area contributed by atoms with Crippen LogP contribution in [0.1, 0.15) is 56.5 Å². The first-order valence-electron chi connectivity index (χ1n) is 9.10. The number of nitrogens with one attached hydrogen (secondary N) is 2. The third-order valence-corrected chi connectivity index (χ3v) is 5.15. The Bertz CT molecular complexity index is 698. The highest BCUT2D eigenvalue weighted by Gasteiger charge is 2.17. The van der Waals surface area contributed by atoms with Gasteiger partial charge in [0.2, 0.25) is 0 Å². The van der Waals surface area contributed by atoms with Gasteiger partial charge in [0.05, 0.1) is 23.4 Å². The minimum absolute atomic E-state index is 0. The summed E-state index contributed by atoms with van der Waals surface area (Å²) >= 11 is 1.69. The van der Waals surface area contributed by atoms with Crippen LogP contribution >= 0.6 is 35.3 Å². The van der Waals surface area contributed by atoms with Crippen molar-refractivity contribution in [2.45, 2.75) is 52.2 Å².